The molecule has 1 radical (unpaired) electrons. The molecule has 1 atom stereocenters. The third-order valence-corrected chi connectivity index (χ3v) is 6.29. The number of fused-ring (bicyclic) bond motifs is 2. The van der Waals surface area contributed by atoms with Gasteiger partial charge < -0.3 is 14.2 Å². The second-order valence-corrected chi connectivity index (χ2v) is 8.87. The van der Waals surface area contributed by atoms with Crippen molar-refractivity contribution in [2.75, 3.05) is 0 Å². The minimum absolute atomic E-state index is 0.0684. The molecule has 0 bridgehead atoms. The van der Waals surface area contributed by atoms with Gasteiger partial charge in [-0.3, -0.25) is 0 Å². The lowest BCUT2D eigenvalue weighted by Gasteiger charge is -2.26. The van der Waals surface area contributed by atoms with Gasteiger partial charge in [-0.1, -0.05) is 49.7 Å². The highest BCUT2D eigenvalue weighted by Crippen LogP contribution is 2.42. The summed E-state index contributed by atoms with van der Waals surface area (Å²) in [5, 5.41) is 9.63. The molecule has 5 nitrogen and oxygen atoms in total. The third-order valence-electron chi connectivity index (χ3n) is 6.29. The molecule has 1 aliphatic heterocycles. The minimum Gasteiger partial charge on any atom is -0.478 e. The molecule has 3 heterocycles. The molecule has 1 aliphatic rings. The predicted molar refractivity (Wildman–Crippen MR) is 140 cm³/mol. The molecule has 0 amide bonds. The Bertz CT molecular complexity index is 1500. The lowest BCUT2D eigenvalue weighted by molar-refractivity contribution is 0.0698. The maximum absolute atomic E-state index is 11.7. The van der Waals surface area contributed by atoms with E-state index in [1.165, 1.54) is 0 Å². The van der Waals surface area contributed by atoms with Crippen LogP contribution in [0.1, 0.15) is 58.7 Å². The smallest absolute Gasteiger partial charge is 0.335 e. The molecule has 6 heteroatoms. The van der Waals surface area contributed by atoms with E-state index in [0.717, 1.165) is 51.4 Å². The molecule has 2 aromatic heterocycles. The lowest BCUT2D eigenvalue weighted by Crippen LogP contribution is -2.27. The van der Waals surface area contributed by atoms with Crippen LogP contribution in [0.4, 0.5) is 0 Å². The monoisotopic (exact) mass is 461 g/mol. The number of ether oxygens (including phenoxy) is 1. The molecule has 0 saturated carbocycles. The fraction of sp³-hybridized carbons (Fsp3) is 0.172. The average Bonchev–Trinajstić information content (AvgIpc) is 3.32. The molecular weight excluding hydrogens is 435 g/mol. The van der Waals surface area contributed by atoms with E-state index in [1.54, 1.807) is 18.3 Å². The minimum atomic E-state index is -0.931. The number of aryl methyl sites for hydroxylation is 1. The lowest BCUT2D eigenvalue weighted by atomic mass is 9.56. The van der Waals surface area contributed by atoms with Crippen LogP contribution in [0.15, 0.2) is 79.3 Å². The average molecular weight is 461 g/mol. The van der Waals surface area contributed by atoms with Crippen LogP contribution in [0.3, 0.4) is 0 Å². The van der Waals surface area contributed by atoms with Crippen molar-refractivity contribution in [3.05, 3.63) is 107 Å². The second-order valence-electron chi connectivity index (χ2n) is 8.87. The van der Waals surface area contributed by atoms with Gasteiger partial charge in [0.25, 0.3) is 0 Å². The van der Waals surface area contributed by atoms with E-state index >= 15 is 0 Å². The van der Waals surface area contributed by atoms with Gasteiger partial charge in [0.05, 0.1) is 5.56 Å². The van der Waals surface area contributed by atoms with Crippen LogP contribution in [0, 0.1) is 6.92 Å². The SMILES string of the molecule is CC/C=C1/C=C(c2ccn3ccnc3c2)Oc2c1cc(C)cc2C(C)[B]c1ccccc1C(=O)O. The summed E-state index contributed by atoms with van der Waals surface area (Å²) in [6.45, 7) is 6.29. The normalized spacial score (nSPS) is 14.8. The van der Waals surface area contributed by atoms with Gasteiger partial charge in [0.1, 0.15) is 17.2 Å². The Hall–Kier alpha value is -4.06. The van der Waals surface area contributed by atoms with Gasteiger partial charge in [0.2, 0.25) is 0 Å². The van der Waals surface area contributed by atoms with Crippen molar-refractivity contribution in [1.29, 1.82) is 0 Å². The van der Waals surface area contributed by atoms with Crippen molar-refractivity contribution in [1.82, 2.24) is 9.38 Å². The Kier molecular flexibility index (Phi) is 6.04. The quantitative estimate of drug-likeness (QED) is 0.377. The topological polar surface area (TPSA) is 63.8 Å². The maximum atomic E-state index is 11.7. The summed E-state index contributed by atoms with van der Waals surface area (Å²) in [5.74, 6) is 0.582. The van der Waals surface area contributed by atoms with Crippen LogP contribution in [0.2, 0.25) is 0 Å². The van der Waals surface area contributed by atoms with Crippen molar-refractivity contribution < 1.29 is 14.6 Å². The van der Waals surface area contributed by atoms with Gasteiger partial charge in [-0.25, -0.2) is 9.78 Å². The highest BCUT2D eigenvalue weighted by molar-refractivity contribution is 6.56. The van der Waals surface area contributed by atoms with E-state index in [4.69, 9.17) is 4.74 Å². The zero-order valence-electron chi connectivity index (χ0n) is 20.0. The van der Waals surface area contributed by atoms with Crippen molar-refractivity contribution in [3.8, 4) is 5.75 Å². The molecule has 4 aromatic rings. The van der Waals surface area contributed by atoms with Gasteiger partial charge in [-0.2, -0.15) is 0 Å². The number of nitrogens with zero attached hydrogens (tertiary/aromatic N) is 2. The molecule has 0 fully saturated rings. The van der Waals surface area contributed by atoms with Crippen molar-refractivity contribution in [2.24, 2.45) is 0 Å². The second kappa shape index (κ2) is 9.30. The highest BCUT2D eigenvalue weighted by Gasteiger charge is 2.25. The van der Waals surface area contributed by atoms with E-state index in [-0.39, 0.29) is 5.82 Å². The number of carboxylic acids is 1. The van der Waals surface area contributed by atoms with E-state index in [1.807, 2.05) is 48.3 Å². The van der Waals surface area contributed by atoms with Crippen LogP contribution < -0.4 is 10.2 Å². The van der Waals surface area contributed by atoms with Gasteiger partial charge in [0.15, 0.2) is 7.28 Å². The van der Waals surface area contributed by atoms with E-state index in [0.29, 0.717) is 11.0 Å². The summed E-state index contributed by atoms with van der Waals surface area (Å²) < 4.78 is 8.56. The van der Waals surface area contributed by atoms with Crippen molar-refractivity contribution in [3.63, 3.8) is 0 Å². The standard InChI is InChI=1S/C29H26BN2O3/c1-4-7-20-16-26(21-10-12-32-13-11-31-27(32)17-21)35-28-23(14-18(2)15-24(20)28)19(3)30-25-9-6-5-8-22(25)29(33)34/h5-17,19H,4H2,1-3H3,(H,33,34)/b20-7-. The van der Waals surface area contributed by atoms with Crippen LogP contribution in [-0.4, -0.2) is 27.7 Å². The van der Waals surface area contributed by atoms with Crippen LogP contribution in [0.5, 0.6) is 5.75 Å². The number of allylic oxidation sites excluding steroid dienone is 3. The van der Waals surface area contributed by atoms with Gasteiger partial charge in [0, 0.05) is 29.7 Å². The first-order chi connectivity index (χ1) is 16.9. The zero-order chi connectivity index (χ0) is 24.5. The first-order valence-corrected chi connectivity index (χ1v) is 11.8. The van der Waals surface area contributed by atoms with E-state index in [2.05, 4.69) is 50.0 Å². The van der Waals surface area contributed by atoms with Crippen LogP contribution in [-0.2, 0) is 0 Å². The van der Waals surface area contributed by atoms with Crippen LogP contribution >= 0.6 is 0 Å². The number of imidazole rings is 1. The van der Waals surface area contributed by atoms with E-state index in [9.17, 15) is 9.90 Å². The maximum Gasteiger partial charge on any atom is 0.335 e. The fourth-order valence-electron chi connectivity index (χ4n) is 4.62. The Morgan fingerprint density at radius 3 is 2.83 bits per heavy atom. The summed E-state index contributed by atoms with van der Waals surface area (Å²) in [7, 11) is 2.00. The number of hydrogen-bond acceptors (Lipinski definition) is 3. The van der Waals surface area contributed by atoms with Gasteiger partial charge in [-0.05, 0) is 66.2 Å². The van der Waals surface area contributed by atoms with Crippen molar-refractivity contribution in [2.45, 2.75) is 33.0 Å². The molecule has 173 valence electrons. The zero-order valence-corrected chi connectivity index (χ0v) is 20.0. The molecule has 5 rings (SSSR count). The molecule has 35 heavy (non-hydrogen) atoms. The number of carboxylic acid groups (broad SMARTS) is 1. The number of pyridine rings is 1. The Labute approximate surface area is 205 Å². The molecular formula is C29H26BN2O3. The number of rotatable bonds is 6. The first-order valence-electron chi connectivity index (χ1n) is 11.8. The largest absolute Gasteiger partial charge is 0.478 e. The Balaban J connectivity index is 1.58. The summed E-state index contributed by atoms with van der Waals surface area (Å²) in [6.07, 6.45) is 10.9. The predicted octanol–water partition coefficient (Wildman–Crippen LogP) is 5.66. The number of aromatic carboxylic acids is 1. The number of benzene rings is 2. The molecule has 0 aliphatic carbocycles. The number of aromatic nitrogens is 2. The summed E-state index contributed by atoms with van der Waals surface area (Å²) in [6, 6.07) is 15.4. The highest BCUT2D eigenvalue weighted by atomic mass is 16.5. The molecule has 1 unspecified atom stereocenters. The summed E-state index contributed by atoms with van der Waals surface area (Å²) in [5.41, 5.74) is 7.13. The Morgan fingerprint density at radius 2 is 2.03 bits per heavy atom. The first kappa shape index (κ1) is 22.7. The Morgan fingerprint density at radius 1 is 1.20 bits per heavy atom. The van der Waals surface area contributed by atoms with Gasteiger partial charge >= 0.3 is 5.97 Å². The summed E-state index contributed by atoms with van der Waals surface area (Å²) >= 11 is 0. The number of carbonyl (C=O) groups is 1. The third kappa shape index (κ3) is 4.39. The fourth-order valence-corrected chi connectivity index (χ4v) is 4.62. The molecule has 2 aromatic carbocycles. The summed E-state index contributed by atoms with van der Waals surface area (Å²) in [4.78, 5) is 16.2. The molecule has 0 spiro atoms. The number of hydrogen-bond donors (Lipinski definition) is 1. The molecule has 0 saturated heterocycles. The molecule has 1 N–H and O–H groups in total. The van der Waals surface area contributed by atoms with Crippen LogP contribution in [0.25, 0.3) is 17.0 Å². The van der Waals surface area contributed by atoms with Crippen molar-refractivity contribution >= 4 is 35.7 Å². The van der Waals surface area contributed by atoms with Gasteiger partial charge in [-0.15, -0.1) is 0 Å². The van der Waals surface area contributed by atoms with E-state index < -0.39 is 5.97 Å².